The van der Waals surface area contributed by atoms with Crippen LogP contribution in [0.1, 0.15) is 85.8 Å². The Balaban J connectivity index is 1.13. The highest BCUT2D eigenvalue weighted by Gasteiger charge is 2.36. The maximum Gasteiger partial charge on any atom is 0.0697 e. The van der Waals surface area contributed by atoms with Crippen molar-refractivity contribution in [2.75, 3.05) is 0 Å². The molecule has 5 unspecified atom stereocenters. The van der Waals surface area contributed by atoms with Crippen LogP contribution in [0.4, 0.5) is 0 Å². The van der Waals surface area contributed by atoms with Gasteiger partial charge in [0.15, 0.2) is 0 Å². The van der Waals surface area contributed by atoms with Crippen molar-refractivity contribution in [2.24, 2.45) is 22.7 Å². The van der Waals surface area contributed by atoms with Crippen LogP contribution in [-0.4, -0.2) is 5.71 Å². The van der Waals surface area contributed by atoms with Gasteiger partial charge in [-0.25, -0.2) is 0 Å². The molecule has 1 aliphatic heterocycles. The summed E-state index contributed by atoms with van der Waals surface area (Å²) in [5.74, 6) is 1.62. The summed E-state index contributed by atoms with van der Waals surface area (Å²) < 4.78 is 0. The summed E-state index contributed by atoms with van der Waals surface area (Å²) in [5, 5.41) is 2.54. The highest BCUT2D eigenvalue weighted by Crippen LogP contribution is 2.48. The van der Waals surface area contributed by atoms with E-state index in [2.05, 4.69) is 222 Å². The first kappa shape index (κ1) is 38.2. The van der Waals surface area contributed by atoms with Crippen LogP contribution < -0.4 is 0 Å². The minimum atomic E-state index is 0.285. The first-order valence-electron chi connectivity index (χ1n) is 21.6. The van der Waals surface area contributed by atoms with Crippen molar-refractivity contribution in [2.45, 2.75) is 52.4 Å². The number of fused-ring (bicyclic) bond motifs is 1. The molecule has 0 radical (unpaired) electrons. The van der Waals surface area contributed by atoms with E-state index < -0.39 is 0 Å². The summed E-state index contributed by atoms with van der Waals surface area (Å²) in [6, 6.07) is 66.9. The first-order valence-corrected chi connectivity index (χ1v) is 21.6. The van der Waals surface area contributed by atoms with Gasteiger partial charge in [0.1, 0.15) is 0 Å². The molecular formula is C58H53N. The third-order valence-corrected chi connectivity index (χ3v) is 13.2. The van der Waals surface area contributed by atoms with Gasteiger partial charge in [0.05, 0.1) is 11.4 Å². The topological polar surface area (TPSA) is 12.4 Å². The van der Waals surface area contributed by atoms with Crippen LogP contribution >= 0.6 is 0 Å². The van der Waals surface area contributed by atoms with Crippen LogP contribution in [0.5, 0.6) is 0 Å². The molecule has 1 aliphatic carbocycles. The fourth-order valence-corrected chi connectivity index (χ4v) is 10.1. The summed E-state index contributed by atoms with van der Waals surface area (Å²) in [5.41, 5.74) is 16.5. The zero-order valence-electron chi connectivity index (χ0n) is 34.7. The van der Waals surface area contributed by atoms with E-state index in [-0.39, 0.29) is 5.92 Å². The molecule has 1 heterocycles. The highest BCUT2D eigenvalue weighted by atomic mass is 14.8. The van der Waals surface area contributed by atoms with Crippen molar-refractivity contribution >= 4 is 33.3 Å². The van der Waals surface area contributed by atoms with E-state index in [1.165, 1.54) is 77.7 Å². The van der Waals surface area contributed by atoms with Crippen LogP contribution in [0, 0.1) is 17.8 Å². The van der Waals surface area contributed by atoms with Gasteiger partial charge in [-0.15, -0.1) is 0 Å². The molecule has 0 N–H and O–H groups in total. The fraction of sp³-hybridized carbons (Fsp3) is 0.190. The Morgan fingerprint density at radius 3 is 1.59 bits per heavy atom. The summed E-state index contributed by atoms with van der Waals surface area (Å²) in [6.07, 6.45) is 7.09. The third kappa shape index (κ3) is 7.36. The van der Waals surface area contributed by atoms with Crippen molar-refractivity contribution in [3.8, 4) is 11.1 Å². The Morgan fingerprint density at radius 2 is 0.983 bits per heavy atom. The Hall–Kier alpha value is -6.31. The summed E-state index contributed by atoms with van der Waals surface area (Å²) >= 11 is 0. The normalized spacial score (nSPS) is 20.7. The Bertz CT molecular complexity index is 2680. The molecule has 0 spiro atoms. The summed E-state index contributed by atoms with van der Waals surface area (Å²) in [6.45, 7) is 9.37. The zero-order valence-corrected chi connectivity index (χ0v) is 34.7. The molecule has 0 aromatic heterocycles. The molecule has 2 aliphatic rings. The predicted molar refractivity (Wildman–Crippen MR) is 252 cm³/mol. The van der Waals surface area contributed by atoms with Gasteiger partial charge in [0.2, 0.25) is 0 Å². The van der Waals surface area contributed by atoms with Gasteiger partial charge in [-0.3, -0.25) is 4.99 Å². The minimum Gasteiger partial charge on any atom is -0.252 e. The van der Waals surface area contributed by atoms with Crippen molar-refractivity contribution in [1.82, 2.24) is 0 Å². The molecule has 1 nitrogen and oxygen atoms in total. The van der Waals surface area contributed by atoms with E-state index in [1.54, 1.807) is 0 Å². The van der Waals surface area contributed by atoms with Crippen LogP contribution in [-0.2, 0) is 0 Å². The predicted octanol–water partition coefficient (Wildman–Crippen LogP) is 15.5. The van der Waals surface area contributed by atoms with Crippen molar-refractivity contribution in [3.63, 3.8) is 0 Å². The van der Waals surface area contributed by atoms with Crippen LogP contribution in [0.25, 0.3) is 38.7 Å². The number of hydrogen-bond acceptors (Lipinski definition) is 1. The molecular weight excluding hydrogens is 711 g/mol. The second kappa shape index (κ2) is 16.9. The van der Waals surface area contributed by atoms with Gasteiger partial charge in [-0.1, -0.05) is 215 Å². The van der Waals surface area contributed by atoms with E-state index in [0.29, 0.717) is 23.7 Å². The smallest absolute Gasteiger partial charge is 0.0697 e. The van der Waals surface area contributed by atoms with Gasteiger partial charge in [-0.05, 0) is 104 Å². The average Bonchev–Trinajstić information content (AvgIpc) is 3.42. The summed E-state index contributed by atoms with van der Waals surface area (Å²) in [7, 11) is 0. The third-order valence-electron chi connectivity index (χ3n) is 13.2. The Labute approximate surface area is 351 Å². The number of rotatable bonds is 9. The van der Waals surface area contributed by atoms with Gasteiger partial charge in [0.25, 0.3) is 0 Å². The van der Waals surface area contributed by atoms with Crippen molar-refractivity contribution in [3.05, 3.63) is 233 Å². The lowest BCUT2D eigenvalue weighted by molar-refractivity contribution is 0.426. The largest absolute Gasteiger partial charge is 0.252 e. The van der Waals surface area contributed by atoms with Crippen LogP contribution in [0.3, 0.4) is 0 Å². The number of benzene rings is 7. The molecule has 0 saturated carbocycles. The maximum atomic E-state index is 5.64. The van der Waals surface area contributed by atoms with E-state index >= 15 is 0 Å². The molecule has 0 fully saturated rings. The minimum absolute atomic E-state index is 0.285. The number of allylic oxidation sites excluding steroid dienone is 5. The molecule has 0 saturated heterocycles. The second-order valence-corrected chi connectivity index (χ2v) is 16.5. The molecule has 5 atom stereocenters. The molecule has 7 aromatic carbocycles. The van der Waals surface area contributed by atoms with Crippen LogP contribution in [0.2, 0.25) is 0 Å². The van der Waals surface area contributed by atoms with Crippen LogP contribution in [0.15, 0.2) is 205 Å². The monoisotopic (exact) mass is 763 g/mol. The molecule has 7 aromatic rings. The lowest BCUT2D eigenvalue weighted by atomic mass is 9.71. The lowest BCUT2D eigenvalue weighted by Gasteiger charge is -2.32. The molecule has 290 valence electrons. The summed E-state index contributed by atoms with van der Waals surface area (Å²) in [4.78, 5) is 5.64. The molecule has 0 amide bonds. The van der Waals surface area contributed by atoms with Gasteiger partial charge in [-0.2, -0.15) is 0 Å². The number of hydrogen-bond donors (Lipinski definition) is 0. The van der Waals surface area contributed by atoms with E-state index in [9.17, 15) is 0 Å². The maximum absolute atomic E-state index is 5.64. The molecule has 1 heteroatoms. The van der Waals surface area contributed by atoms with Crippen molar-refractivity contribution in [1.29, 1.82) is 0 Å². The van der Waals surface area contributed by atoms with E-state index in [4.69, 9.17) is 4.99 Å². The fourth-order valence-electron chi connectivity index (χ4n) is 10.1. The quantitative estimate of drug-likeness (QED) is 0.139. The Morgan fingerprint density at radius 1 is 0.475 bits per heavy atom. The molecule has 59 heavy (non-hydrogen) atoms. The number of nitrogens with zero attached hydrogens (tertiary/aromatic N) is 1. The standard InChI is InChI=1S/C58H53N/c1-5-48-54(41-21-11-7-12-22-41)37-47(38-55(48)42-23-13-8-14-24-42)51-36-35-50(52-29-19-20-30-53(51)52)43-31-33-46(34-32-43)57-40(4)39(3)56(44-25-15-9-16-26-44)49(6-2)58(59-57)45-27-17-10-18-28-45/h7-39,48-49,54,56H,5-6H2,1-4H3. The van der Waals surface area contributed by atoms with E-state index in [0.717, 1.165) is 18.5 Å². The lowest BCUT2D eigenvalue weighted by Crippen LogP contribution is -2.26. The average molecular weight is 764 g/mol. The number of aliphatic imine (C=N–C) groups is 1. The Kier molecular flexibility index (Phi) is 10.9. The molecule has 0 bridgehead atoms. The van der Waals surface area contributed by atoms with Gasteiger partial charge < -0.3 is 0 Å². The zero-order chi connectivity index (χ0) is 40.3. The molecule has 9 rings (SSSR count). The van der Waals surface area contributed by atoms with Crippen molar-refractivity contribution < 1.29 is 0 Å². The second-order valence-electron chi connectivity index (χ2n) is 16.5. The SMILES string of the molecule is CCC1C(c2ccccc2)=CC(c2ccc(-c3ccc(C4=C(C)C(C)C(c5ccccc5)C(CC)C(c5ccccc5)=N4)cc3)c3ccccc23)=CC1c1ccccc1. The van der Waals surface area contributed by atoms with E-state index in [1.807, 2.05) is 0 Å². The first-order chi connectivity index (χ1) is 29.0. The highest BCUT2D eigenvalue weighted by molar-refractivity contribution is 6.07. The van der Waals surface area contributed by atoms with Gasteiger partial charge in [0, 0.05) is 17.4 Å². The van der Waals surface area contributed by atoms with Gasteiger partial charge >= 0.3 is 0 Å².